The lowest BCUT2D eigenvalue weighted by Crippen LogP contribution is -2.42. The van der Waals surface area contributed by atoms with E-state index in [0.29, 0.717) is 24.3 Å². The summed E-state index contributed by atoms with van der Waals surface area (Å²) in [6.45, 7) is 1.51. The second-order valence-electron chi connectivity index (χ2n) is 9.70. The zero-order chi connectivity index (χ0) is 25.5. The summed E-state index contributed by atoms with van der Waals surface area (Å²) in [6.07, 6.45) is 4.45. The van der Waals surface area contributed by atoms with Crippen molar-refractivity contribution in [1.82, 2.24) is 5.32 Å². The lowest BCUT2D eigenvalue weighted by Gasteiger charge is -2.32. The van der Waals surface area contributed by atoms with Crippen LogP contribution in [0.15, 0.2) is 60.7 Å². The number of ether oxygens (including phenoxy) is 2. The number of methoxy groups -OCH3 is 2. The predicted molar refractivity (Wildman–Crippen MR) is 144 cm³/mol. The standard InChI is InChI=1S/C30H38FN3O2/c1-35-29-16-20(11-13-32)15-28(30(29)36-2)27-6-4-3-5-23(27)17-25(33)19-26-18-22(12-14-34-26)21-7-9-24(31)10-8-21/h3-10,15-16,22,25-26,34H,11-14,17-19,32-33H2,1-2H3. The Hall–Kier alpha value is -2.93. The summed E-state index contributed by atoms with van der Waals surface area (Å²) in [5, 5.41) is 3.65. The van der Waals surface area contributed by atoms with Crippen LogP contribution in [0.25, 0.3) is 11.1 Å². The number of piperidine rings is 1. The summed E-state index contributed by atoms with van der Waals surface area (Å²) >= 11 is 0. The van der Waals surface area contributed by atoms with Crippen LogP contribution in [0.3, 0.4) is 0 Å². The molecule has 3 atom stereocenters. The number of nitrogens with two attached hydrogens (primary N) is 2. The van der Waals surface area contributed by atoms with Crippen molar-refractivity contribution in [3.8, 4) is 22.6 Å². The minimum Gasteiger partial charge on any atom is -0.493 e. The SMILES string of the molecule is COc1cc(CCN)cc(-c2ccccc2CC(N)CC2CC(c3ccc(F)cc3)CCN2)c1OC. The van der Waals surface area contributed by atoms with Crippen LogP contribution in [0.5, 0.6) is 11.5 Å². The molecule has 3 aromatic rings. The van der Waals surface area contributed by atoms with Gasteiger partial charge in [-0.15, -0.1) is 0 Å². The minimum atomic E-state index is -0.187. The van der Waals surface area contributed by atoms with E-state index in [2.05, 4.69) is 29.6 Å². The molecule has 192 valence electrons. The third-order valence-electron chi connectivity index (χ3n) is 7.18. The fourth-order valence-corrected chi connectivity index (χ4v) is 5.45. The third-order valence-corrected chi connectivity index (χ3v) is 7.18. The van der Waals surface area contributed by atoms with E-state index in [-0.39, 0.29) is 11.9 Å². The summed E-state index contributed by atoms with van der Waals surface area (Å²) in [6, 6.07) is 19.8. The van der Waals surface area contributed by atoms with Gasteiger partial charge in [-0.2, -0.15) is 0 Å². The van der Waals surface area contributed by atoms with Crippen molar-refractivity contribution < 1.29 is 13.9 Å². The second kappa shape index (κ2) is 12.3. The third kappa shape index (κ3) is 6.25. The molecule has 4 rings (SSSR count). The summed E-state index contributed by atoms with van der Waals surface area (Å²) in [5.74, 6) is 1.66. The van der Waals surface area contributed by atoms with Crippen LogP contribution in [0.1, 0.15) is 41.9 Å². The highest BCUT2D eigenvalue weighted by molar-refractivity contribution is 5.77. The molecular formula is C30H38FN3O2. The molecule has 36 heavy (non-hydrogen) atoms. The van der Waals surface area contributed by atoms with Crippen molar-refractivity contribution in [2.24, 2.45) is 11.5 Å². The van der Waals surface area contributed by atoms with Crippen molar-refractivity contribution in [2.45, 2.75) is 50.1 Å². The molecule has 1 heterocycles. The van der Waals surface area contributed by atoms with Gasteiger partial charge in [-0.25, -0.2) is 4.39 Å². The monoisotopic (exact) mass is 491 g/mol. The lowest BCUT2D eigenvalue weighted by atomic mass is 9.83. The van der Waals surface area contributed by atoms with E-state index < -0.39 is 0 Å². The van der Waals surface area contributed by atoms with Gasteiger partial charge in [0.15, 0.2) is 11.5 Å². The smallest absolute Gasteiger partial charge is 0.168 e. The molecule has 0 amide bonds. The molecule has 0 radical (unpaired) electrons. The highest BCUT2D eigenvalue weighted by Gasteiger charge is 2.25. The fraction of sp³-hybridized carbons (Fsp3) is 0.400. The van der Waals surface area contributed by atoms with E-state index in [0.717, 1.165) is 61.1 Å². The van der Waals surface area contributed by atoms with Crippen molar-refractivity contribution in [2.75, 3.05) is 27.3 Å². The second-order valence-corrected chi connectivity index (χ2v) is 9.70. The van der Waals surface area contributed by atoms with Crippen molar-refractivity contribution in [3.05, 3.63) is 83.2 Å². The molecule has 0 saturated carbocycles. The average molecular weight is 492 g/mol. The predicted octanol–water partition coefficient (Wildman–Crippen LogP) is 4.81. The van der Waals surface area contributed by atoms with Crippen LogP contribution in [-0.2, 0) is 12.8 Å². The van der Waals surface area contributed by atoms with Crippen LogP contribution < -0.4 is 26.3 Å². The quantitative estimate of drug-likeness (QED) is 0.379. The number of benzene rings is 3. The van der Waals surface area contributed by atoms with Gasteiger partial charge in [-0.05, 0) is 97.6 Å². The van der Waals surface area contributed by atoms with Gasteiger partial charge in [0.2, 0.25) is 0 Å². The Balaban J connectivity index is 1.51. The Morgan fingerprint density at radius 1 is 1.03 bits per heavy atom. The Bertz CT molecular complexity index is 1140. The fourth-order valence-electron chi connectivity index (χ4n) is 5.45. The van der Waals surface area contributed by atoms with Gasteiger partial charge in [-0.3, -0.25) is 0 Å². The van der Waals surface area contributed by atoms with Crippen LogP contribution in [0.4, 0.5) is 4.39 Å². The number of hydrogen-bond donors (Lipinski definition) is 3. The average Bonchev–Trinajstić information content (AvgIpc) is 2.89. The Kier molecular flexibility index (Phi) is 8.97. The first-order valence-corrected chi connectivity index (χ1v) is 12.8. The number of rotatable bonds is 10. The molecule has 0 aliphatic carbocycles. The molecular weight excluding hydrogens is 453 g/mol. The Morgan fingerprint density at radius 2 is 1.81 bits per heavy atom. The van der Waals surface area contributed by atoms with Crippen LogP contribution >= 0.6 is 0 Å². The van der Waals surface area contributed by atoms with Crippen molar-refractivity contribution >= 4 is 0 Å². The zero-order valence-electron chi connectivity index (χ0n) is 21.3. The van der Waals surface area contributed by atoms with Crippen molar-refractivity contribution in [3.63, 3.8) is 0 Å². The molecule has 1 fully saturated rings. The summed E-state index contributed by atoms with van der Waals surface area (Å²) in [4.78, 5) is 0. The molecule has 1 saturated heterocycles. The molecule has 3 aromatic carbocycles. The first-order valence-electron chi connectivity index (χ1n) is 12.8. The number of nitrogens with one attached hydrogen (secondary N) is 1. The zero-order valence-corrected chi connectivity index (χ0v) is 21.3. The van der Waals surface area contributed by atoms with Gasteiger partial charge < -0.3 is 26.3 Å². The van der Waals surface area contributed by atoms with Crippen LogP contribution in [-0.4, -0.2) is 39.4 Å². The molecule has 3 unspecified atom stereocenters. The van der Waals surface area contributed by atoms with Crippen LogP contribution in [0.2, 0.25) is 0 Å². The normalized spacial score (nSPS) is 18.6. The summed E-state index contributed by atoms with van der Waals surface area (Å²) in [5.41, 5.74) is 18.2. The molecule has 0 aromatic heterocycles. The van der Waals surface area contributed by atoms with E-state index in [9.17, 15) is 4.39 Å². The highest BCUT2D eigenvalue weighted by atomic mass is 19.1. The number of halogens is 1. The minimum absolute atomic E-state index is 0.00395. The maximum Gasteiger partial charge on any atom is 0.168 e. The van der Waals surface area contributed by atoms with E-state index in [1.54, 1.807) is 26.4 Å². The Labute approximate surface area is 214 Å². The van der Waals surface area contributed by atoms with Gasteiger partial charge in [0.05, 0.1) is 14.2 Å². The molecule has 6 heteroatoms. The van der Waals surface area contributed by atoms with Gasteiger partial charge in [0, 0.05) is 17.6 Å². The van der Waals surface area contributed by atoms with E-state index >= 15 is 0 Å². The summed E-state index contributed by atoms with van der Waals surface area (Å²) in [7, 11) is 3.33. The maximum absolute atomic E-state index is 13.4. The molecule has 0 spiro atoms. The Morgan fingerprint density at radius 3 is 2.53 bits per heavy atom. The molecule has 1 aliphatic heterocycles. The van der Waals surface area contributed by atoms with E-state index in [1.165, 1.54) is 11.1 Å². The molecule has 1 aliphatic rings. The topological polar surface area (TPSA) is 82.5 Å². The molecule has 5 nitrogen and oxygen atoms in total. The molecule has 5 N–H and O–H groups in total. The van der Waals surface area contributed by atoms with E-state index in [4.69, 9.17) is 20.9 Å². The highest BCUT2D eigenvalue weighted by Crippen LogP contribution is 2.41. The van der Waals surface area contributed by atoms with Gasteiger partial charge in [0.1, 0.15) is 5.82 Å². The number of hydrogen-bond acceptors (Lipinski definition) is 5. The van der Waals surface area contributed by atoms with Crippen LogP contribution in [0, 0.1) is 5.82 Å². The van der Waals surface area contributed by atoms with Gasteiger partial charge in [0.25, 0.3) is 0 Å². The largest absolute Gasteiger partial charge is 0.493 e. The maximum atomic E-state index is 13.4. The summed E-state index contributed by atoms with van der Waals surface area (Å²) < 4.78 is 24.8. The first kappa shape index (κ1) is 26.1. The van der Waals surface area contributed by atoms with Crippen molar-refractivity contribution in [1.29, 1.82) is 0 Å². The molecule has 0 bridgehead atoms. The van der Waals surface area contributed by atoms with Gasteiger partial charge in [-0.1, -0.05) is 36.4 Å². The van der Waals surface area contributed by atoms with Gasteiger partial charge >= 0.3 is 0 Å². The lowest BCUT2D eigenvalue weighted by molar-refractivity contribution is 0.329. The first-order chi connectivity index (χ1) is 17.5. The van der Waals surface area contributed by atoms with E-state index in [1.807, 2.05) is 24.3 Å².